The highest BCUT2D eigenvalue weighted by atomic mass is 19.1. The summed E-state index contributed by atoms with van der Waals surface area (Å²) in [6.07, 6.45) is 0.553. The van der Waals surface area contributed by atoms with Gasteiger partial charge in [-0.05, 0) is 13.3 Å². The van der Waals surface area contributed by atoms with Crippen LogP contribution in [0.25, 0.3) is 0 Å². The number of ether oxygens (including phenoxy) is 2. The Kier molecular flexibility index (Phi) is 7.00. The third kappa shape index (κ3) is 5.27. The van der Waals surface area contributed by atoms with Crippen molar-refractivity contribution in [3.63, 3.8) is 0 Å². The molecule has 2 unspecified atom stereocenters. The van der Waals surface area contributed by atoms with E-state index in [2.05, 4.69) is 6.58 Å². The predicted molar refractivity (Wildman–Crippen MR) is 46.8 cm³/mol. The van der Waals surface area contributed by atoms with E-state index in [9.17, 15) is 4.39 Å². The first kappa shape index (κ1) is 11.6. The third-order valence-electron chi connectivity index (χ3n) is 1.33. The van der Waals surface area contributed by atoms with Crippen LogP contribution in [0.15, 0.2) is 12.7 Å². The molecular weight excluding hydrogens is 159 g/mol. The third-order valence-corrected chi connectivity index (χ3v) is 1.33. The standard InChI is InChI=1S/C9H17FO2/c1-4-6-11-8(3)9(10)12-7-5-2/h5,8-9H,2,4,6-7H2,1,3H3. The normalized spacial score (nSPS) is 15.6. The Balaban J connectivity index is 3.45. The van der Waals surface area contributed by atoms with Gasteiger partial charge in [0.2, 0.25) is 6.36 Å². The zero-order chi connectivity index (χ0) is 9.40. The minimum atomic E-state index is -1.35. The largest absolute Gasteiger partial charge is 0.373 e. The molecule has 0 aromatic carbocycles. The molecule has 0 saturated heterocycles. The fourth-order valence-corrected chi connectivity index (χ4v) is 0.675. The van der Waals surface area contributed by atoms with Gasteiger partial charge in [0.05, 0.1) is 6.61 Å². The van der Waals surface area contributed by atoms with Crippen molar-refractivity contribution >= 4 is 0 Å². The van der Waals surface area contributed by atoms with Crippen LogP contribution in [0.1, 0.15) is 20.3 Å². The molecule has 0 aliphatic rings. The van der Waals surface area contributed by atoms with E-state index in [-0.39, 0.29) is 6.61 Å². The van der Waals surface area contributed by atoms with E-state index in [1.807, 2.05) is 6.92 Å². The van der Waals surface area contributed by atoms with Gasteiger partial charge in [-0.15, -0.1) is 6.58 Å². The average Bonchev–Trinajstić information content (AvgIpc) is 2.10. The fourth-order valence-electron chi connectivity index (χ4n) is 0.675. The quantitative estimate of drug-likeness (QED) is 0.554. The molecular formula is C9H17FO2. The summed E-state index contributed by atoms with van der Waals surface area (Å²) in [6.45, 7) is 7.85. The van der Waals surface area contributed by atoms with Crippen molar-refractivity contribution in [2.24, 2.45) is 0 Å². The predicted octanol–water partition coefficient (Wildman–Crippen LogP) is 2.30. The van der Waals surface area contributed by atoms with Gasteiger partial charge in [0.25, 0.3) is 0 Å². The van der Waals surface area contributed by atoms with Crippen LogP contribution in [-0.2, 0) is 9.47 Å². The van der Waals surface area contributed by atoms with Gasteiger partial charge in [0.1, 0.15) is 6.10 Å². The number of hydrogen-bond donors (Lipinski definition) is 0. The second kappa shape index (κ2) is 7.25. The molecule has 0 saturated carbocycles. The Hall–Kier alpha value is -0.410. The van der Waals surface area contributed by atoms with Gasteiger partial charge >= 0.3 is 0 Å². The molecule has 0 aliphatic heterocycles. The first-order chi connectivity index (χ1) is 5.72. The molecule has 0 aromatic rings. The first-order valence-electron chi connectivity index (χ1n) is 4.20. The summed E-state index contributed by atoms with van der Waals surface area (Å²) in [4.78, 5) is 0. The molecule has 0 fully saturated rings. The topological polar surface area (TPSA) is 18.5 Å². The van der Waals surface area contributed by atoms with E-state index in [0.717, 1.165) is 6.42 Å². The zero-order valence-electron chi connectivity index (χ0n) is 7.75. The summed E-state index contributed by atoms with van der Waals surface area (Å²) >= 11 is 0. The molecule has 2 atom stereocenters. The lowest BCUT2D eigenvalue weighted by atomic mass is 10.4. The molecule has 0 aliphatic carbocycles. The van der Waals surface area contributed by atoms with Gasteiger partial charge in [0, 0.05) is 6.61 Å². The van der Waals surface area contributed by atoms with Crippen molar-refractivity contribution in [1.82, 2.24) is 0 Å². The lowest BCUT2D eigenvalue weighted by Crippen LogP contribution is -2.25. The van der Waals surface area contributed by atoms with Gasteiger partial charge in [-0.25, -0.2) is 4.39 Å². The average molecular weight is 176 g/mol. The van der Waals surface area contributed by atoms with Crippen LogP contribution in [0, 0.1) is 0 Å². The van der Waals surface area contributed by atoms with Crippen LogP contribution >= 0.6 is 0 Å². The van der Waals surface area contributed by atoms with Crippen molar-refractivity contribution in [2.75, 3.05) is 13.2 Å². The molecule has 0 radical (unpaired) electrons. The second-order valence-corrected chi connectivity index (χ2v) is 2.55. The van der Waals surface area contributed by atoms with Crippen LogP contribution in [0.4, 0.5) is 4.39 Å². The van der Waals surface area contributed by atoms with Gasteiger partial charge in [-0.1, -0.05) is 13.0 Å². The lowest BCUT2D eigenvalue weighted by molar-refractivity contribution is -0.121. The SMILES string of the molecule is C=CCOC(F)C(C)OCCC. The van der Waals surface area contributed by atoms with Crippen molar-refractivity contribution in [3.8, 4) is 0 Å². The number of halogens is 1. The van der Waals surface area contributed by atoms with E-state index < -0.39 is 12.5 Å². The molecule has 0 N–H and O–H groups in total. The maximum Gasteiger partial charge on any atom is 0.225 e. The Morgan fingerprint density at radius 2 is 2.17 bits per heavy atom. The number of hydrogen-bond acceptors (Lipinski definition) is 2. The molecule has 0 aromatic heterocycles. The number of alkyl halides is 1. The van der Waals surface area contributed by atoms with Crippen LogP contribution in [0.5, 0.6) is 0 Å². The summed E-state index contributed by atoms with van der Waals surface area (Å²) in [6, 6.07) is 0. The second-order valence-electron chi connectivity index (χ2n) is 2.55. The van der Waals surface area contributed by atoms with E-state index in [4.69, 9.17) is 9.47 Å². The van der Waals surface area contributed by atoms with Crippen LogP contribution in [0.3, 0.4) is 0 Å². The molecule has 12 heavy (non-hydrogen) atoms. The molecule has 3 heteroatoms. The summed E-state index contributed by atoms with van der Waals surface area (Å²) < 4.78 is 22.8. The molecule has 0 rings (SSSR count). The Labute approximate surface area is 73.4 Å². The summed E-state index contributed by atoms with van der Waals surface area (Å²) in [5.41, 5.74) is 0. The molecule has 0 amide bonds. The number of rotatable bonds is 7. The summed E-state index contributed by atoms with van der Waals surface area (Å²) in [7, 11) is 0. The molecule has 72 valence electrons. The molecule has 0 spiro atoms. The van der Waals surface area contributed by atoms with Gasteiger partial charge < -0.3 is 9.47 Å². The van der Waals surface area contributed by atoms with Crippen molar-refractivity contribution in [3.05, 3.63) is 12.7 Å². The molecule has 2 nitrogen and oxygen atoms in total. The molecule has 0 heterocycles. The highest BCUT2D eigenvalue weighted by molar-refractivity contribution is 4.65. The summed E-state index contributed by atoms with van der Waals surface area (Å²) in [5.74, 6) is 0. The van der Waals surface area contributed by atoms with E-state index in [1.165, 1.54) is 6.08 Å². The van der Waals surface area contributed by atoms with Crippen LogP contribution < -0.4 is 0 Å². The van der Waals surface area contributed by atoms with Crippen molar-refractivity contribution in [2.45, 2.75) is 32.7 Å². The monoisotopic (exact) mass is 176 g/mol. The highest BCUT2D eigenvalue weighted by Crippen LogP contribution is 2.05. The van der Waals surface area contributed by atoms with Gasteiger partial charge in [0.15, 0.2) is 0 Å². The van der Waals surface area contributed by atoms with Crippen LogP contribution in [0.2, 0.25) is 0 Å². The molecule has 0 bridgehead atoms. The minimum absolute atomic E-state index is 0.223. The zero-order valence-corrected chi connectivity index (χ0v) is 7.75. The Morgan fingerprint density at radius 1 is 1.50 bits per heavy atom. The van der Waals surface area contributed by atoms with Gasteiger partial charge in [-0.2, -0.15) is 0 Å². The van der Waals surface area contributed by atoms with E-state index in [1.54, 1.807) is 6.92 Å². The first-order valence-corrected chi connectivity index (χ1v) is 4.20. The Morgan fingerprint density at radius 3 is 2.67 bits per heavy atom. The van der Waals surface area contributed by atoms with Gasteiger partial charge in [-0.3, -0.25) is 0 Å². The fraction of sp³-hybridized carbons (Fsp3) is 0.778. The highest BCUT2D eigenvalue weighted by Gasteiger charge is 2.15. The lowest BCUT2D eigenvalue weighted by Gasteiger charge is -2.16. The smallest absolute Gasteiger partial charge is 0.225 e. The minimum Gasteiger partial charge on any atom is -0.373 e. The van der Waals surface area contributed by atoms with Crippen LogP contribution in [-0.4, -0.2) is 25.7 Å². The van der Waals surface area contributed by atoms with Crippen molar-refractivity contribution in [1.29, 1.82) is 0 Å². The van der Waals surface area contributed by atoms with E-state index >= 15 is 0 Å². The van der Waals surface area contributed by atoms with E-state index in [0.29, 0.717) is 6.61 Å². The van der Waals surface area contributed by atoms with Crippen molar-refractivity contribution < 1.29 is 13.9 Å². The Bertz CT molecular complexity index is 117. The maximum atomic E-state index is 12.9. The maximum absolute atomic E-state index is 12.9. The summed E-state index contributed by atoms with van der Waals surface area (Å²) in [5, 5.41) is 0.